The Bertz CT molecular complexity index is 1810. The summed E-state index contributed by atoms with van der Waals surface area (Å²) in [6, 6.07) is 30.5. The summed E-state index contributed by atoms with van der Waals surface area (Å²) in [7, 11) is 0. The molecule has 3 unspecified atom stereocenters. The Balaban J connectivity index is 0.000000188. The van der Waals surface area contributed by atoms with E-state index in [0.717, 1.165) is 32.9 Å². The lowest BCUT2D eigenvalue weighted by Crippen LogP contribution is -2.25. The van der Waals surface area contributed by atoms with Crippen molar-refractivity contribution in [2.75, 3.05) is 16.0 Å². The molecule has 0 bridgehead atoms. The van der Waals surface area contributed by atoms with Crippen LogP contribution in [0, 0.1) is 0 Å². The van der Waals surface area contributed by atoms with Gasteiger partial charge in [-0.2, -0.15) is 0 Å². The fraction of sp³-hybridized carbons (Fsp3) is 0.171. The summed E-state index contributed by atoms with van der Waals surface area (Å²) in [6.45, 7) is 4.80. The molecule has 0 aliphatic rings. The second-order valence-corrected chi connectivity index (χ2v) is 11.1. The fourth-order valence-corrected chi connectivity index (χ4v) is 4.43. The van der Waals surface area contributed by atoms with Gasteiger partial charge in [0.2, 0.25) is 0 Å². The predicted molar refractivity (Wildman–Crippen MR) is 187 cm³/mol. The van der Waals surface area contributed by atoms with Gasteiger partial charge in [0.05, 0.1) is 10.0 Å². The number of rotatable bonds is 9. The summed E-state index contributed by atoms with van der Waals surface area (Å²) < 4.78 is 0. The van der Waals surface area contributed by atoms with Crippen LogP contribution in [-0.2, 0) is 14.4 Å². The van der Waals surface area contributed by atoms with Crippen LogP contribution in [0.5, 0.6) is 0 Å². The molecule has 0 aliphatic heterocycles. The third-order valence-electron chi connectivity index (χ3n) is 6.71. The number of aliphatic carboxylic acids is 3. The molecule has 5 rings (SSSR count). The number of halogens is 2. The first kappa shape index (κ1) is 35.5. The quantitative estimate of drug-likeness (QED) is 0.0915. The number of hydrogen-bond donors (Lipinski definition) is 6. The zero-order valence-electron chi connectivity index (χ0n) is 25.4. The molecule has 0 saturated carbocycles. The summed E-state index contributed by atoms with van der Waals surface area (Å²) in [5.74, 6) is -2.63. The number of carboxylic acid groups (broad SMARTS) is 3. The molecule has 0 saturated heterocycles. The lowest BCUT2D eigenvalue weighted by Gasteiger charge is -2.12. The predicted octanol–water partition coefficient (Wildman–Crippen LogP) is 8.33. The lowest BCUT2D eigenvalue weighted by atomic mass is 10.1. The van der Waals surface area contributed by atoms with Gasteiger partial charge < -0.3 is 31.3 Å². The van der Waals surface area contributed by atoms with Crippen molar-refractivity contribution in [3.8, 4) is 0 Å². The van der Waals surface area contributed by atoms with Crippen LogP contribution >= 0.6 is 23.2 Å². The van der Waals surface area contributed by atoms with Crippen LogP contribution in [0.3, 0.4) is 0 Å². The Kier molecular flexibility index (Phi) is 13.0. The highest BCUT2D eigenvalue weighted by Crippen LogP contribution is 2.26. The van der Waals surface area contributed by atoms with Gasteiger partial charge in [0.1, 0.15) is 18.1 Å². The van der Waals surface area contributed by atoms with Crippen LogP contribution in [0.15, 0.2) is 103 Å². The molecule has 0 radical (unpaired) electrons. The van der Waals surface area contributed by atoms with Gasteiger partial charge in [0.25, 0.3) is 0 Å². The standard InChI is InChI=1S/2C13H13NO2.C9H9Cl2NO2/c1-9(13(15)16)14-12-8-4-6-10-5-2-3-7-11(10)12;1-9(13(15)16)14-12-7-6-10-4-2-3-5-11(10)8-12;1-5(9(13)14)12-6-2-3-7(10)8(11)4-6/h2*2-9,14H,1H3,(H,15,16);2-5,12H,1H3,(H,13,14). The number of hydrogen-bond acceptors (Lipinski definition) is 6. The van der Waals surface area contributed by atoms with Crippen LogP contribution in [0.25, 0.3) is 21.5 Å². The molecule has 0 aliphatic carbocycles. The van der Waals surface area contributed by atoms with Crippen molar-refractivity contribution in [2.24, 2.45) is 0 Å². The SMILES string of the molecule is CC(Nc1ccc(Cl)c(Cl)c1)C(=O)O.CC(Nc1ccc2ccccc2c1)C(=O)O.CC(Nc1cccc2ccccc12)C(=O)O. The molecule has 0 spiro atoms. The zero-order valence-corrected chi connectivity index (χ0v) is 26.9. The molecule has 9 nitrogen and oxygen atoms in total. The van der Waals surface area contributed by atoms with E-state index in [-0.39, 0.29) is 0 Å². The number of fused-ring (bicyclic) bond motifs is 2. The Labute approximate surface area is 276 Å². The van der Waals surface area contributed by atoms with Crippen LogP contribution in [-0.4, -0.2) is 51.4 Å². The number of anilines is 3. The third-order valence-corrected chi connectivity index (χ3v) is 7.45. The smallest absolute Gasteiger partial charge is 0.325 e. The van der Waals surface area contributed by atoms with Gasteiger partial charge in [-0.05, 0) is 73.3 Å². The van der Waals surface area contributed by atoms with Gasteiger partial charge in [0.15, 0.2) is 0 Å². The third kappa shape index (κ3) is 10.6. The van der Waals surface area contributed by atoms with Crippen LogP contribution in [0.1, 0.15) is 20.8 Å². The molecule has 0 fully saturated rings. The topological polar surface area (TPSA) is 148 Å². The fourth-order valence-electron chi connectivity index (χ4n) is 4.13. The van der Waals surface area contributed by atoms with Gasteiger partial charge >= 0.3 is 17.9 Å². The summed E-state index contributed by atoms with van der Waals surface area (Å²) in [4.78, 5) is 32.0. The second kappa shape index (κ2) is 16.9. The van der Waals surface area contributed by atoms with E-state index < -0.39 is 36.0 Å². The van der Waals surface area contributed by atoms with Gasteiger partial charge in [-0.15, -0.1) is 0 Å². The highest BCUT2D eigenvalue weighted by molar-refractivity contribution is 6.42. The average molecular weight is 665 g/mol. The van der Waals surface area contributed by atoms with Crippen molar-refractivity contribution in [3.63, 3.8) is 0 Å². The molecular weight excluding hydrogens is 629 g/mol. The van der Waals surface area contributed by atoms with E-state index in [4.69, 9.17) is 38.5 Å². The normalized spacial score (nSPS) is 12.3. The monoisotopic (exact) mass is 663 g/mol. The maximum Gasteiger partial charge on any atom is 0.325 e. The van der Waals surface area contributed by atoms with Crippen molar-refractivity contribution < 1.29 is 29.7 Å². The van der Waals surface area contributed by atoms with Crippen LogP contribution in [0.2, 0.25) is 10.0 Å². The van der Waals surface area contributed by atoms with Crippen molar-refractivity contribution in [1.29, 1.82) is 0 Å². The number of benzene rings is 5. The first-order valence-corrected chi connectivity index (χ1v) is 15.0. The maximum atomic E-state index is 10.8. The van der Waals surface area contributed by atoms with Crippen LogP contribution < -0.4 is 16.0 Å². The Morgan fingerprint density at radius 1 is 0.522 bits per heavy atom. The second-order valence-electron chi connectivity index (χ2n) is 10.3. The van der Waals surface area contributed by atoms with Gasteiger partial charge in [-0.1, -0.05) is 89.9 Å². The van der Waals surface area contributed by atoms with Crippen molar-refractivity contribution in [1.82, 2.24) is 0 Å². The molecule has 3 atom stereocenters. The summed E-state index contributed by atoms with van der Waals surface area (Å²) in [5.41, 5.74) is 2.32. The number of carbonyl (C=O) groups is 3. The minimum atomic E-state index is -0.920. The molecule has 46 heavy (non-hydrogen) atoms. The van der Waals surface area contributed by atoms with Gasteiger partial charge in [-0.25, -0.2) is 0 Å². The van der Waals surface area contributed by atoms with Gasteiger partial charge in [-0.3, -0.25) is 14.4 Å². The van der Waals surface area contributed by atoms with E-state index in [1.54, 1.807) is 39.0 Å². The molecule has 0 amide bonds. The molecule has 0 aromatic heterocycles. The molecule has 6 N–H and O–H groups in total. The molecule has 0 heterocycles. The maximum absolute atomic E-state index is 10.8. The molecule has 11 heteroatoms. The zero-order chi connectivity index (χ0) is 33.8. The minimum absolute atomic E-state index is 0.397. The largest absolute Gasteiger partial charge is 0.480 e. The van der Waals surface area contributed by atoms with E-state index >= 15 is 0 Å². The first-order chi connectivity index (χ1) is 21.8. The number of nitrogens with one attached hydrogen (secondary N) is 3. The molecule has 240 valence electrons. The first-order valence-electron chi connectivity index (χ1n) is 14.3. The van der Waals surface area contributed by atoms with Gasteiger partial charge in [0, 0.05) is 22.4 Å². The van der Waals surface area contributed by atoms with Crippen molar-refractivity contribution in [3.05, 3.63) is 113 Å². The van der Waals surface area contributed by atoms with E-state index in [0.29, 0.717) is 15.7 Å². The molecule has 5 aromatic carbocycles. The summed E-state index contributed by atoms with van der Waals surface area (Å²) in [5, 5.41) is 40.2. The molecule has 5 aromatic rings. The van der Waals surface area contributed by atoms with E-state index in [1.165, 1.54) is 0 Å². The summed E-state index contributed by atoms with van der Waals surface area (Å²) >= 11 is 11.5. The Morgan fingerprint density at radius 2 is 1.00 bits per heavy atom. The van der Waals surface area contributed by atoms with E-state index in [2.05, 4.69) is 16.0 Å². The highest BCUT2D eigenvalue weighted by atomic mass is 35.5. The van der Waals surface area contributed by atoms with Crippen molar-refractivity contribution in [2.45, 2.75) is 38.9 Å². The van der Waals surface area contributed by atoms with Crippen molar-refractivity contribution >= 4 is 79.7 Å². The number of carboxylic acids is 3. The minimum Gasteiger partial charge on any atom is -0.480 e. The highest BCUT2D eigenvalue weighted by Gasteiger charge is 2.12. The van der Waals surface area contributed by atoms with E-state index in [9.17, 15) is 14.4 Å². The Hall–Kier alpha value is -4.99. The summed E-state index contributed by atoms with van der Waals surface area (Å²) in [6.07, 6.45) is 0. The molecular formula is C35H35Cl2N3O6. The lowest BCUT2D eigenvalue weighted by molar-refractivity contribution is -0.138. The average Bonchev–Trinajstić information content (AvgIpc) is 3.03. The van der Waals surface area contributed by atoms with E-state index in [1.807, 2.05) is 84.9 Å². The Morgan fingerprint density at radius 3 is 1.59 bits per heavy atom. The van der Waals surface area contributed by atoms with Crippen LogP contribution in [0.4, 0.5) is 17.1 Å².